The van der Waals surface area contributed by atoms with Crippen LogP contribution in [0.1, 0.15) is 5.56 Å². The lowest BCUT2D eigenvalue weighted by molar-refractivity contribution is 0.816. The molecule has 2 heterocycles. The van der Waals surface area contributed by atoms with Crippen molar-refractivity contribution in [1.29, 1.82) is 0 Å². The number of benzene rings is 1. The van der Waals surface area contributed by atoms with Crippen molar-refractivity contribution in [3.8, 4) is 16.9 Å². The SMILES string of the molecule is CNCc1cccc(-n2cncc2-c2ccsc2)c1. The number of aromatic nitrogens is 2. The first-order valence-corrected chi connectivity index (χ1v) is 7.11. The fourth-order valence-electron chi connectivity index (χ4n) is 2.14. The van der Waals surface area contributed by atoms with Gasteiger partial charge in [0.1, 0.15) is 0 Å². The smallest absolute Gasteiger partial charge is 0.0997 e. The lowest BCUT2D eigenvalue weighted by Gasteiger charge is -2.09. The van der Waals surface area contributed by atoms with Gasteiger partial charge < -0.3 is 5.32 Å². The van der Waals surface area contributed by atoms with Crippen LogP contribution in [-0.2, 0) is 6.54 Å². The summed E-state index contributed by atoms with van der Waals surface area (Å²) >= 11 is 1.70. The standard InChI is InChI=1S/C15H15N3S/c1-16-8-12-3-2-4-14(7-12)18-11-17-9-15(18)13-5-6-19-10-13/h2-7,9-11,16H,8H2,1H3. The van der Waals surface area contributed by atoms with E-state index in [0.29, 0.717) is 0 Å². The molecule has 2 aromatic heterocycles. The van der Waals surface area contributed by atoms with Crippen LogP contribution in [0.2, 0.25) is 0 Å². The highest BCUT2D eigenvalue weighted by molar-refractivity contribution is 7.08. The molecule has 3 aromatic rings. The molecule has 3 nitrogen and oxygen atoms in total. The van der Waals surface area contributed by atoms with Crippen LogP contribution in [0.25, 0.3) is 16.9 Å². The van der Waals surface area contributed by atoms with Crippen molar-refractivity contribution in [3.63, 3.8) is 0 Å². The van der Waals surface area contributed by atoms with Crippen molar-refractivity contribution in [2.75, 3.05) is 7.05 Å². The van der Waals surface area contributed by atoms with Crippen LogP contribution in [0.15, 0.2) is 53.6 Å². The molecule has 3 rings (SSSR count). The third-order valence-corrected chi connectivity index (χ3v) is 3.71. The summed E-state index contributed by atoms with van der Waals surface area (Å²) in [5.74, 6) is 0. The van der Waals surface area contributed by atoms with E-state index in [2.05, 4.69) is 56.0 Å². The number of nitrogens with one attached hydrogen (secondary N) is 1. The lowest BCUT2D eigenvalue weighted by atomic mass is 10.2. The van der Waals surface area contributed by atoms with E-state index in [1.165, 1.54) is 11.1 Å². The van der Waals surface area contributed by atoms with Crippen LogP contribution in [-0.4, -0.2) is 16.6 Å². The summed E-state index contributed by atoms with van der Waals surface area (Å²) in [6.45, 7) is 0.871. The topological polar surface area (TPSA) is 29.9 Å². The molecule has 0 amide bonds. The van der Waals surface area contributed by atoms with E-state index in [-0.39, 0.29) is 0 Å². The van der Waals surface area contributed by atoms with Crippen LogP contribution in [0.5, 0.6) is 0 Å². The van der Waals surface area contributed by atoms with E-state index in [4.69, 9.17) is 0 Å². The average Bonchev–Trinajstić information content (AvgIpc) is 3.10. The molecule has 0 aliphatic carbocycles. The Hall–Kier alpha value is -1.91. The minimum atomic E-state index is 0.871. The van der Waals surface area contributed by atoms with Gasteiger partial charge in [-0.25, -0.2) is 4.98 Å². The first-order valence-electron chi connectivity index (χ1n) is 6.17. The molecule has 0 unspecified atom stereocenters. The predicted octanol–water partition coefficient (Wildman–Crippen LogP) is 3.32. The van der Waals surface area contributed by atoms with Gasteiger partial charge in [0.2, 0.25) is 0 Å². The van der Waals surface area contributed by atoms with Crippen molar-refractivity contribution < 1.29 is 0 Å². The van der Waals surface area contributed by atoms with Crippen LogP contribution in [0.4, 0.5) is 0 Å². The Balaban J connectivity index is 2.03. The van der Waals surface area contributed by atoms with Crippen LogP contribution in [0.3, 0.4) is 0 Å². The molecule has 0 bridgehead atoms. The Kier molecular flexibility index (Phi) is 3.44. The normalized spacial score (nSPS) is 10.8. The van der Waals surface area contributed by atoms with E-state index < -0.39 is 0 Å². The summed E-state index contributed by atoms with van der Waals surface area (Å²) in [5.41, 5.74) is 4.75. The van der Waals surface area contributed by atoms with Crippen molar-refractivity contribution >= 4 is 11.3 Å². The Morgan fingerprint density at radius 2 is 2.26 bits per heavy atom. The zero-order chi connectivity index (χ0) is 13.1. The molecule has 0 saturated carbocycles. The number of rotatable bonds is 4. The zero-order valence-electron chi connectivity index (χ0n) is 10.7. The van der Waals surface area contributed by atoms with Gasteiger partial charge in [0.15, 0.2) is 0 Å². The molecule has 96 valence electrons. The molecule has 0 atom stereocenters. The highest BCUT2D eigenvalue weighted by atomic mass is 32.1. The fourth-order valence-corrected chi connectivity index (χ4v) is 2.79. The average molecular weight is 269 g/mol. The maximum atomic E-state index is 4.28. The molecule has 4 heteroatoms. The van der Waals surface area contributed by atoms with Gasteiger partial charge in [-0.15, -0.1) is 0 Å². The second-order valence-electron chi connectivity index (χ2n) is 4.36. The second kappa shape index (κ2) is 5.38. The summed E-state index contributed by atoms with van der Waals surface area (Å²) in [6.07, 6.45) is 3.78. The third-order valence-electron chi connectivity index (χ3n) is 3.03. The second-order valence-corrected chi connectivity index (χ2v) is 5.14. The summed E-state index contributed by atoms with van der Waals surface area (Å²) in [6, 6.07) is 10.6. The maximum Gasteiger partial charge on any atom is 0.0997 e. The first kappa shape index (κ1) is 12.1. The molecule has 1 aromatic carbocycles. The largest absolute Gasteiger partial charge is 0.316 e. The zero-order valence-corrected chi connectivity index (χ0v) is 11.5. The molecular weight excluding hydrogens is 254 g/mol. The summed E-state index contributed by atoms with van der Waals surface area (Å²) in [7, 11) is 1.96. The van der Waals surface area contributed by atoms with Crippen LogP contribution in [0, 0.1) is 0 Å². The highest BCUT2D eigenvalue weighted by Crippen LogP contribution is 2.25. The van der Waals surface area contributed by atoms with Gasteiger partial charge >= 0.3 is 0 Å². The molecule has 19 heavy (non-hydrogen) atoms. The number of hydrogen-bond acceptors (Lipinski definition) is 3. The molecular formula is C15H15N3S. The molecule has 0 fully saturated rings. The van der Waals surface area contributed by atoms with E-state index >= 15 is 0 Å². The van der Waals surface area contributed by atoms with Crippen molar-refractivity contribution in [2.45, 2.75) is 6.54 Å². The summed E-state index contributed by atoms with van der Waals surface area (Å²) < 4.78 is 2.13. The number of imidazole rings is 1. The molecule has 0 aliphatic heterocycles. The number of nitrogens with zero attached hydrogens (tertiary/aromatic N) is 2. The Labute approximate surface area is 116 Å². The van der Waals surface area contributed by atoms with E-state index in [9.17, 15) is 0 Å². The third kappa shape index (κ3) is 2.45. The van der Waals surface area contributed by atoms with Gasteiger partial charge in [0, 0.05) is 23.2 Å². The lowest BCUT2D eigenvalue weighted by Crippen LogP contribution is -2.05. The van der Waals surface area contributed by atoms with E-state index in [1.807, 2.05) is 19.6 Å². The van der Waals surface area contributed by atoms with Gasteiger partial charge in [-0.2, -0.15) is 11.3 Å². The van der Waals surface area contributed by atoms with Crippen LogP contribution < -0.4 is 5.32 Å². The quantitative estimate of drug-likeness (QED) is 0.787. The Morgan fingerprint density at radius 1 is 1.32 bits per heavy atom. The first-order chi connectivity index (χ1) is 9.38. The molecule has 0 spiro atoms. The van der Waals surface area contributed by atoms with Crippen molar-refractivity contribution in [3.05, 3.63) is 59.2 Å². The van der Waals surface area contributed by atoms with Crippen molar-refractivity contribution in [1.82, 2.24) is 14.9 Å². The van der Waals surface area contributed by atoms with Crippen molar-refractivity contribution in [2.24, 2.45) is 0 Å². The van der Waals surface area contributed by atoms with Gasteiger partial charge in [-0.05, 0) is 36.2 Å². The monoisotopic (exact) mass is 269 g/mol. The predicted molar refractivity (Wildman–Crippen MR) is 79.6 cm³/mol. The molecule has 0 radical (unpaired) electrons. The Morgan fingerprint density at radius 3 is 3.05 bits per heavy atom. The van der Waals surface area contributed by atoms with Crippen LogP contribution >= 0.6 is 11.3 Å². The minimum absolute atomic E-state index is 0.871. The van der Waals surface area contributed by atoms with Gasteiger partial charge in [0.05, 0.1) is 18.2 Å². The molecule has 1 N–H and O–H groups in total. The maximum absolute atomic E-state index is 4.28. The van der Waals surface area contributed by atoms with Gasteiger partial charge in [0.25, 0.3) is 0 Å². The van der Waals surface area contributed by atoms with E-state index in [0.717, 1.165) is 17.9 Å². The Bertz CT molecular complexity index is 656. The molecule has 0 saturated heterocycles. The summed E-state index contributed by atoms with van der Waals surface area (Å²) in [5, 5.41) is 7.41. The fraction of sp³-hybridized carbons (Fsp3) is 0.133. The highest BCUT2D eigenvalue weighted by Gasteiger charge is 2.07. The summed E-state index contributed by atoms with van der Waals surface area (Å²) in [4.78, 5) is 4.28. The number of hydrogen-bond donors (Lipinski definition) is 1. The minimum Gasteiger partial charge on any atom is -0.316 e. The van der Waals surface area contributed by atoms with Gasteiger partial charge in [-0.3, -0.25) is 4.57 Å². The van der Waals surface area contributed by atoms with Gasteiger partial charge in [-0.1, -0.05) is 12.1 Å². The van der Waals surface area contributed by atoms with E-state index in [1.54, 1.807) is 11.3 Å². The number of thiophene rings is 1. The molecule has 0 aliphatic rings.